The van der Waals surface area contributed by atoms with Gasteiger partial charge < -0.3 is 5.73 Å². The molecule has 2 aliphatic rings. The van der Waals surface area contributed by atoms with Crippen LogP contribution in [0.2, 0.25) is 0 Å². The van der Waals surface area contributed by atoms with Crippen LogP contribution in [0.15, 0.2) is 39.8 Å². The number of ketones is 1. The number of alkyl halides is 2. The van der Waals surface area contributed by atoms with E-state index in [0.29, 0.717) is 12.8 Å². The van der Waals surface area contributed by atoms with Crippen LogP contribution in [0.1, 0.15) is 40.3 Å². The van der Waals surface area contributed by atoms with E-state index in [4.69, 9.17) is 11.0 Å². The van der Waals surface area contributed by atoms with Gasteiger partial charge in [0.2, 0.25) is 5.96 Å². The van der Waals surface area contributed by atoms with Crippen molar-refractivity contribution in [2.75, 3.05) is 18.8 Å². The highest BCUT2D eigenvalue weighted by atomic mass is 32.2. The molecule has 178 valence electrons. The Hall–Kier alpha value is -3.53. The first-order chi connectivity index (χ1) is 16.2. The summed E-state index contributed by atoms with van der Waals surface area (Å²) in [6.07, 6.45) is -1.22. The third-order valence-electron chi connectivity index (χ3n) is 5.58. The molecule has 4 heterocycles. The summed E-state index contributed by atoms with van der Waals surface area (Å²) in [6.45, 7) is 0.434. The van der Waals surface area contributed by atoms with Crippen LogP contribution in [0.3, 0.4) is 0 Å². The minimum atomic E-state index is -3.41. The summed E-state index contributed by atoms with van der Waals surface area (Å²) in [5.41, 5.74) is 2.85. The Labute approximate surface area is 193 Å². The van der Waals surface area contributed by atoms with Gasteiger partial charge in [0.1, 0.15) is 33.2 Å². The van der Waals surface area contributed by atoms with Crippen molar-refractivity contribution in [2.24, 2.45) is 15.1 Å². The van der Waals surface area contributed by atoms with Gasteiger partial charge in [-0.1, -0.05) is 0 Å². The van der Waals surface area contributed by atoms with E-state index in [0.717, 1.165) is 6.07 Å². The second kappa shape index (κ2) is 9.02. The monoisotopic (exact) mass is 491 g/mol. The van der Waals surface area contributed by atoms with Gasteiger partial charge in [-0.25, -0.2) is 26.7 Å². The highest BCUT2D eigenvalue weighted by Gasteiger charge is 2.53. The van der Waals surface area contributed by atoms with Crippen LogP contribution in [-0.4, -0.2) is 55.5 Å². The number of hydrogen-bond acceptors (Lipinski definition) is 8. The van der Waals surface area contributed by atoms with Gasteiger partial charge in [-0.05, 0) is 37.1 Å². The Balaban J connectivity index is 1.75. The molecule has 2 aliphatic heterocycles. The van der Waals surface area contributed by atoms with E-state index in [1.165, 1.54) is 28.7 Å². The predicted molar refractivity (Wildman–Crippen MR) is 117 cm³/mol. The molecule has 0 aromatic carbocycles. The van der Waals surface area contributed by atoms with Crippen LogP contribution in [0.25, 0.3) is 0 Å². The van der Waals surface area contributed by atoms with Crippen LogP contribution in [-0.2, 0) is 21.9 Å². The van der Waals surface area contributed by atoms with E-state index >= 15 is 0 Å². The smallest absolute Gasteiger partial charge is 0.270 e. The molecule has 34 heavy (non-hydrogen) atoms. The molecule has 9 nitrogen and oxygen atoms in total. The van der Waals surface area contributed by atoms with Crippen molar-refractivity contribution < 1.29 is 22.2 Å². The summed E-state index contributed by atoms with van der Waals surface area (Å²) in [6, 6.07) is 6.75. The van der Waals surface area contributed by atoms with Crippen molar-refractivity contribution in [1.82, 2.24) is 14.3 Å². The summed E-state index contributed by atoms with van der Waals surface area (Å²) in [5.74, 6) is -2.79. The highest BCUT2D eigenvalue weighted by molar-refractivity contribution is 7.92. The maximum absolute atomic E-state index is 14.9. The van der Waals surface area contributed by atoms with E-state index in [1.54, 1.807) is 0 Å². The number of nitriles is 1. The molecule has 4 rings (SSSR count). The first-order valence-electron chi connectivity index (χ1n) is 10.4. The number of halogens is 3. The van der Waals surface area contributed by atoms with Crippen molar-refractivity contribution in [3.05, 3.63) is 58.9 Å². The van der Waals surface area contributed by atoms with E-state index < -0.39 is 50.9 Å². The number of fused-ring (bicyclic) bond motifs is 1. The minimum absolute atomic E-state index is 0.00320. The molecule has 0 bridgehead atoms. The van der Waals surface area contributed by atoms with Gasteiger partial charge in [-0.2, -0.15) is 5.26 Å². The number of aliphatic imine (C=N–C) groups is 1. The second-order valence-corrected chi connectivity index (χ2v) is 10.1. The quantitative estimate of drug-likeness (QED) is 0.637. The van der Waals surface area contributed by atoms with Crippen LogP contribution in [0.5, 0.6) is 0 Å². The Bertz CT molecular complexity index is 1320. The van der Waals surface area contributed by atoms with Gasteiger partial charge in [-0.3, -0.25) is 19.1 Å². The number of carbonyl (C=O) groups is 1. The topological polar surface area (TPSA) is 138 Å². The predicted octanol–water partition coefficient (Wildman–Crippen LogP) is 2.18. The standard InChI is InChI=1S/C21H20F3N7O2S/c22-15-5-4-14(9-17(32)16-6-3-13(10-25)11-27-16)29-18(15)21(19(23)24)12-34(33)28-7-1-2-8-31(34)20(26)30-21/h3-6,11,19H,1-2,7-9,12H2,(H2,26,30)/t21-,34-/m0/s1. The zero-order valence-electron chi connectivity index (χ0n) is 17.8. The van der Waals surface area contributed by atoms with Crippen molar-refractivity contribution in [3.63, 3.8) is 0 Å². The van der Waals surface area contributed by atoms with E-state index in [9.17, 15) is 22.2 Å². The molecule has 2 N–H and O–H groups in total. The van der Waals surface area contributed by atoms with Gasteiger partial charge in [0.25, 0.3) is 6.43 Å². The molecular formula is C21H20F3N7O2S. The van der Waals surface area contributed by atoms with Gasteiger partial charge >= 0.3 is 0 Å². The lowest BCUT2D eigenvalue weighted by molar-refractivity contribution is 0.0590. The average molecular weight is 491 g/mol. The second-order valence-electron chi connectivity index (χ2n) is 7.88. The van der Waals surface area contributed by atoms with Crippen molar-refractivity contribution >= 4 is 21.7 Å². The van der Waals surface area contributed by atoms with Gasteiger partial charge in [0.15, 0.2) is 11.3 Å². The van der Waals surface area contributed by atoms with E-state index in [-0.39, 0.29) is 36.5 Å². The lowest BCUT2D eigenvalue weighted by Gasteiger charge is -2.39. The van der Waals surface area contributed by atoms with Crippen molar-refractivity contribution in [2.45, 2.75) is 31.2 Å². The average Bonchev–Trinajstić information content (AvgIpc) is 3.01. The number of Topliss-reactive ketones (excluding diaryl/α,β-unsaturated/α-hetero) is 1. The largest absolute Gasteiger partial charge is 0.369 e. The van der Waals surface area contributed by atoms with Gasteiger partial charge in [0, 0.05) is 18.4 Å². The van der Waals surface area contributed by atoms with Crippen LogP contribution >= 0.6 is 0 Å². The number of nitrogens with zero attached hydrogens (tertiary/aromatic N) is 6. The molecule has 0 saturated heterocycles. The summed E-state index contributed by atoms with van der Waals surface area (Å²) in [7, 11) is -3.41. The first kappa shape index (κ1) is 23.6. The molecule has 2 aromatic rings. The maximum Gasteiger partial charge on any atom is 0.270 e. The highest BCUT2D eigenvalue weighted by Crippen LogP contribution is 2.39. The molecule has 2 atom stereocenters. The fraction of sp³-hybridized carbons (Fsp3) is 0.381. The van der Waals surface area contributed by atoms with Gasteiger partial charge in [-0.15, -0.1) is 0 Å². The van der Waals surface area contributed by atoms with Crippen molar-refractivity contribution in [1.29, 1.82) is 5.26 Å². The fourth-order valence-corrected chi connectivity index (χ4v) is 6.30. The molecule has 0 saturated carbocycles. The number of nitrogens with two attached hydrogens (primary N) is 1. The van der Waals surface area contributed by atoms with Crippen LogP contribution in [0, 0.1) is 17.1 Å². The minimum Gasteiger partial charge on any atom is -0.369 e. The summed E-state index contributed by atoms with van der Waals surface area (Å²) < 4.78 is 62.8. The molecular weight excluding hydrogens is 471 g/mol. The summed E-state index contributed by atoms with van der Waals surface area (Å²) in [4.78, 5) is 24.4. The number of guanidine groups is 1. The third-order valence-corrected chi connectivity index (χ3v) is 8.04. The number of aromatic nitrogens is 2. The molecule has 2 aromatic heterocycles. The molecule has 0 radical (unpaired) electrons. The summed E-state index contributed by atoms with van der Waals surface area (Å²) in [5, 5.41) is 8.85. The Morgan fingerprint density at radius 2 is 2.09 bits per heavy atom. The summed E-state index contributed by atoms with van der Waals surface area (Å²) >= 11 is 0. The normalized spacial score (nSPS) is 24.4. The number of pyridine rings is 2. The lowest BCUT2D eigenvalue weighted by atomic mass is 9.96. The first-order valence-corrected chi connectivity index (χ1v) is 12.0. The fourth-order valence-electron chi connectivity index (χ4n) is 3.85. The third kappa shape index (κ3) is 4.21. The molecule has 13 heteroatoms. The molecule has 0 amide bonds. The van der Waals surface area contributed by atoms with Crippen LogP contribution in [0.4, 0.5) is 13.2 Å². The zero-order valence-corrected chi connectivity index (χ0v) is 18.6. The SMILES string of the molecule is N#Cc1ccc(C(=O)Cc2ccc(F)c([C@]3(C(F)F)C[S@]4(=O)=NCCCCN4C(N)=N3)n2)nc1. The zero-order chi connectivity index (χ0) is 24.5. The molecule has 0 unspecified atom stereocenters. The Kier molecular flexibility index (Phi) is 6.26. The van der Waals surface area contributed by atoms with Gasteiger partial charge in [0.05, 0.1) is 24.3 Å². The van der Waals surface area contributed by atoms with Crippen LogP contribution < -0.4 is 5.73 Å². The molecule has 0 aliphatic carbocycles. The lowest BCUT2D eigenvalue weighted by Crippen LogP contribution is -2.55. The van der Waals surface area contributed by atoms with Crippen molar-refractivity contribution in [3.8, 4) is 6.07 Å². The van der Waals surface area contributed by atoms with E-state index in [1.807, 2.05) is 6.07 Å². The maximum atomic E-state index is 14.9. The molecule has 0 fully saturated rings. The number of rotatable bonds is 5. The number of hydrogen-bond donors (Lipinski definition) is 1. The molecule has 0 spiro atoms. The van der Waals surface area contributed by atoms with E-state index in [2.05, 4.69) is 19.3 Å². The Morgan fingerprint density at radius 1 is 1.29 bits per heavy atom. The Morgan fingerprint density at radius 3 is 2.76 bits per heavy atom. The number of carbonyl (C=O) groups excluding carboxylic acids is 1.